The van der Waals surface area contributed by atoms with Gasteiger partial charge in [0.05, 0.1) is 5.92 Å². The van der Waals surface area contributed by atoms with Crippen LogP contribution >= 0.6 is 11.8 Å². The minimum Gasteiger partial charge on any atom is -0.477 e. The number of carboxylic acids is 1. The first kappa shape index (κ1) is 11.5. The van der Waals surface area contributed by atoms with Gasteiger partial charge in [-0.2, -0.15) is 0 Å². The van der Waals surface area contributed by atoms with Crippen molar-refractivity contribution in [2.45, 2.75) is 12.3 Å². The van der Waals surface area contributed by atoms with E-state index in [1.807, 2.05) is 19.0 Å². The predicted molar refractivity (Wildman–Crippen MR) is 60.6 cm³/mol. The van der Waals surface area contributed by atoms with Gasteiger partial charge in [0.2, 0.25) is 5.91 Å². The highest BCUT2D eigenvalue weighted by Gasteiger charge is 2.54. The molecule has 2 aliphatic heterocycles. The number of carbonyl (C=O) groups excluding carboxylic acids is 1. The summed E-state index contributed by atoms with van der Waals surface area (Å²) < 4.78 is 0. The van der Waals surface area contributed by atoms with E-state index in [1.165, 1.54) is 16.7 Å². The maximum absolute atomic E-state index is 11.8. The molecular weight excluding hydrogens is 228 g/mol. The Morgan fingerprint density at radius 2 is 2.19 bits per heavy atom. The number of β-lactam (4-membered cyclic amide) rings is 1. The number of carboxylic acid groups (broad SMARTS) is 1. The monoisotopic (exact) mass is 242 g/mol. The number of amides is 1. The Hall–Kier alpha value is -1.01. The summed E-state index contributed by atoms with van der Waals surface area (Å²) >= 11 is 1.48. The van der Waals surface area contributed by atoms with Crippen molar-refractivity contribution >= 4 is 23.6 Å². The lowest BCUT2D eigenvalue weighted by Crippen LogP contribution is -2.60. The summed E-state index contributed by atoms with van der Waals surface area (Å²) in [6, 6.07) is 0. The number of nitrogens with zero attached hydrogens (tertiary/aromatic N) is 2. The molecule has 5 nitrogen and oxygen atoms in total. The number of thioether (sulfide) groups is 1. The molecule has 88 valence electrons. The highest BCUT2D eigenvalue weighted by Crippen LogP contribution is 2.48. The van der Waals surface area contributed by atoms with E-state index in [9.17, 15) is 9.59 Å². The smallest absolute Gasteiger partial charge is 0.353 e. The summed E-state index contributed by atoms with van der Waals surface area (Å²) in [5.74, 6) is -1.16. The second-order valence-corrected chi connectivity index (χ2v) is 5.63. The normalized spacial score (nSPS) is 28.5. The van der Waals surface area contributed by atoms with Crippen LogP contribution in [0.3, 0.4) is 0 Å². The van der Waals surface area contributed by atoms with E-state index in [1.54, 1.807) is 6.92 Å². The zero-order valence-electron chi connectivity index (χ0n) is 9.43. The molecule has 6 heteroatoms. The standard InChI is InChI=1S/C10H14N2O3S/c1-5-7(10(14)15)12-8(13)6(4-11(2)3)9(12)16-5/h6,9H,4H2,1-3H3,(H,14,15)/t6-,9-/m1/s1. The van der Waals surface area contributed by atoms with Crippen molar-refractivity contribution in [3.8, 4) is 0 Å². The average molecular weight is 242 g/mol. The van der Waals surface area contributed by atoms with Gasteiger partial charge < -0.3 is 10.0 Å². The maximum Gasteiger partial charge on any atom is 0.353 e. The van der Waals surface area contributed by atoms with Crippen LogP contribution in [-0.2, 0) is 9.59 Å². The number of allylic oxidation sites excluding steroid dienone is 1. The Labute approximate surface area is 98.1 Å². The SMILES string of the molecule is CC1=C(C(=O)O)N2C(=O)[C@@H](CN(C)C)[C@H]2S1. The van der Waals surface area contributed by atoms with Crippen LogP contribution in [0.15, 0.2) is 10.6 Å². The fourth-order valence-corrected chi connectivity index (χ4v) is 3.46. The van der Waals surface area contributed by atoms with Crippen molar-refractivity contribution in [1.82, 2.24) is 9.80 Å². The summed E-state index contributed by atoms with van der Waals surface area (Å²) in [4.78, 5) is 26.9. The second-order valence-electron chi connectivity index (χ2n) is 4.30. The zero-order chi connectivity index (χ0) is 12.0. The van der Waals surface area contributed by atoms with E-state index in [0.29, 0.717) is 6.54 Å². The van der Waals surface area contributed by atoms with Gasteiger partial charge in [0.25, 0.3) is 0 Å². The van der Waals surface area contributed by atoms with Crippen molar-refractivity contribution in [3.63, 3.8) is 0 Å². The van der Waals surface area contributed by atoms with Crippen molar-refractivity contribution < 1.29 is 14.7 Å². The number of hydrogen-bond donors (Lipinski definition) is 1. The largest absolute Gasteiger partial charge is 0.477 e. The third-order valence-electron chi connectivity index (χ3n) is 2.79. The van der Waals surface area contributed by atoms with E-state index in [4.69, 9.17) is 5.11 Å². The Bertz CT molecular complexity index is 392. The Kier molecular flexibility index (Phi) is 2.71. The molecule has 0 unspecified atom stereocenters. The molecule has 0 aromatic heterocycles. The van der Waals surface area contributed by atoms with Gasteiger partial charge in [0, 0.05) is 11.4 Å². The van der Waals surface area contributed by atoms with E-state index in [-0.39, 0.29) is 22.9 Å². The molecule has 2 heterocycles. The number of carbonyl (C=O) groups is 2. The predicted octanol–water partition coefficient (Wildman–Crippen LogP) is 0.395. The summed E-state index contributed by atoms with van der Waals surface area (Å²) in [5.41, 5.74) is 0.162. The molecule has 0 spiro atoms. The third kappa shape index (κ3) is 1.53. The molecule has 0 saturated carbocycles. The van der Waals surface area contributed by atoms with Gasteiger partial charge in [0.15, 0.2) is 0 Å². The zero-order valence-corrected chi connectivity index (χ0v) is 10.2. The molecule has 16 heavy (non-hydrogen) atoms. The van der Waals surface area contributed by atoms with Crippen LogP contribution in [0.1, 0.15) is 6.92 Å². The third-order valence-corrected chi connectivity index (χ3v) is 4.12. The van der Waals surface area contributed by atoms with Crippen molar-refractivity contribution in [2.24, 2.45) is 5.92 Å². The minimum atomic E-state index is -1.01. The number of aliphatic carboxylic acids is 1. The molecular formula is C10H14N2O3S. The summed E-state index contributed by atoms with van der Waals surface area (Å²) in [6.45, 7) is 2.43. The van der Waals surface area contributed by atoms with Crippen molar-refractivity contribution in [1.29, 1.82) is 0 Å². The molecule has 1 N–H and O–H groups in total. The van der Waals surface area contributed by atoms with Crippen LogP contribution in [0.2, 0.25) is 0 Å². The quantitative estimate of drug-likeness (QED) is 0.726. The summed E-state index contributed by atoms with van der Waals surface area (Å²) in [5, 5.41) is 9.00. The average Bonchev–Trinajstić information content (AvgIpc) is 2.49. The Morgan fingerprint density at radius 1 is 1.56 bits per heavy atom. The van der Waals surface area contributed by atoms with E-state index in [2.05, 4.69) is 0 Å². The fourth-order valence-electron chi connectivity index (χ4n) is 2.12. The highest BCUT2D eigenvalue weighted by atomic mass is 32.2. The molecule has 2 atom stereocenters. The molecule has 0 radical (unpaired) electrons. The van der Waals surface area contributed by atoms with Gasteiger partial charge in [-0.05, 0) is 21.0 Å². The Balaban J connectivity index is 2.16. The molecule has 1 fully saturated rings. The van der Waals surface area contributed by atoms with Crippen LogP contribution in [0.5, 0.6) is 0 Å². The van der Waals surface area contributed by atoms with E-state index in [0.717, 1.165) is 4.91 Å². The first-order chi connectivity index (χ1) is 7.43. The van der Waals surface area contributed by atoms with Crippen LogP contribution in [0.4, 0.5) is 0 Å². The van der Waals surface area contributed by atoms with Crippen LogP contribution < -0.4 is 0 Å². The first-order valence-corrected chi connectivity index (χ1v) is 5.90. The van der Waals surface area contributed by atoms with Crippen LogP contribution in [-0.4, -0.2) is 52.8 Å². The lowest BCUT2D eigenvalue weighted by molar-refractivity contribution is -0.152. The molecule has 2 aliphatic rings. The summed E-state index contributed by atoms with van der Waals surface area (Å²) in [7, 11) is 3.82. The molecule has 0 aliphatic carbocycles. The van der Waals surface area contributed by atoms with Gasteiger partial charge in [-0.25, -0.2) is 4.79 Å². The summed E-state index contributed by atoms with van der Waals surface area (Å²) in [6.07, 6.45) is 0. The highest BCUT2D eigenvalue weighted by molar-refractivity contribution is 8.04. The number of fused-ring (bicyclic) bond motifs is 1. The molecule has 2 rings (SSSR count). The van der Waals surface area contributed by atoms with Gasteiger partial charge in [-0.15, -0.1) is 11.8 Å². The van der Waals surface area contributed by atoms with Crippen LogP contribution in [0, 0.1) is 5.92 Å². The molecule has 0 bridgehead atoms. The van der Waals surface area contributed by atoms with Crippen molar-refractivity contribution in [3.05, 3.63) is 10.6 Å². The van der Waals surface area contributed by atoms with Crippen LogP contribution in [0.25, 0.3) is 0 Å². The van der Waals surface area contributed by atoms with Gasteiger partial charge >= 0.3 is 5.97 Å². The second kappa shape index (κ2) is 3.78. The fraction of sp³-hybridized carbons (Fsp3) is 0.600. The first-order valence-electron chi connectivity index (χ1n) is 5.02. The van der Waals surface area contributed by atoms with E-state index < -0.39 is 5.97 Å². The molecule has 0 aromatic carbocycles. The maximum atomic E-state index is 11.8. The Morgan fingerprint density at radius 3 is 2.69 bits per heavy atom. The van der Waals surface area contributed by atoms with Gasteiger partial charge in [-0.1, -0.05) is 0 Å². The molecule has 1 amide bonds. The topological polar surface area (TPSA) is 60.9 Å². The molecule has 0 aromatic rings. The lowest BCUT2D eigenvalue weighted by Gasteiger charge is -2.43. The molecule has 1 saturated heterocycles. The van der Waals surface area contributed by atoms with E-state index >= 15 is 0 Å². The number of rotatable bonds is 3. The van der Waals surface area contributed by atoms with Gasteiger partial charge in [-0.3, -0.25) is 9.69 Å². The minimum absolute atomic E-state index is 0.0130. The lowest BCUT2D eigenvalue weighted by atomic mass is 9.97. The van der Waals surface area contributed by atoms with Gasteiger partial charge in [0.1, 0.15) is 11.1 Å². The number of hydrogen-bond acceptors (Lipinski definition) is 4. The van der Waals surface area contributed by atoms with Crippen molar-refractivity contribution in [2.75, 3.05) is 20.6 Å².